The van der Waals surface area contributed by atoms with Crippen LogP contribution in [-0.2, 0) is 4.79 Å². The Kier molecular flexibility index (Phi) is 4.01. The van der Waals surface area contributed by atoms with E-state index in [1.54, 1.807) is 4.90 Å². The maximum atomic E-state index is 10.9. The monoisotopic (exact) mass is 224 g/mol. The predicted octanol–water partition coefficient (Wildman–Crippen LogP) is -0.618. The highest BCUT2D eigenvalue weighted by Crippen LogP contribution is 2.20. The van der Waals surface area contributed by atoms with Crippen LogP contribution in [-0.4, -0.2) is 29.0 Å². The first-order valence-corrected chi connectivity index (χ1v) is 4.91. The van der Waals surface area contributed by atoms with Gasteiger partial charge in [-0.1, -0.05) is 0 Å². The summed E-state index contributed by atoms with van der Waals surface area (Å²) in [5, 5.41) is 0. The molecule has 0 aliphatic rings. The molecule has 1 rings (SSSR count). The van der Waals surface area contributed by atoms with E-state index in [1.165, 1.54) is 6.33 Å². The Balaban J connectivity index is 3.04. The van der Waals surface area contributed by atoms with Crippen LogP contribution in [0, 0.1) is 6.92 Å². The number of nitrogens with two attached hydrogens (primary N) is 2. The summed E-state index contributed by atoms with van der Waals surface area (Å²) in [5.74, 6) is 6.10. The van der Waals surface area contributed by atoms with Crippen LogP contribution in [0.2, 0.25) is 0 Å². The van der Waals surface area contributed by atoms with E-state index < -0.39 is 5.91 Å². The molecule has 0 bridgehead atoms. The van der Waals surface area contributed by atoms with Crippen LogP contribution >= 0.6 is 0 Å². The van der Waals surface area contributed by atoms with Gasteiger partial charge in [-0.15, -0.1) is 0 Å². The molecule has 88 valence electrons. The third-order valence-corrected chi connectivity index (χ3v) is 2.22. The molecule has 7 heteroatoms. The van der Waals surface area contributed by atoms with Gasteiger partial charge in [0.15, 0.2) is 0 Å². The third-order valence-electron chi connectivity index (χ3n) is 2.22. The van der Waals surface area contributed by atoms with E-state index >= 15 is 0 Å². The van der Waals surface area contributed by atoms with Crippen molar-refractivity contribution in [1.82, 2.24) is 9.97 Å². The molecule has 0 aliphatic carbocycles. The number of anilines is 2. The number of likely N-dealkylation sites (N-methyl/N-ethyl adjacent to an activating group) is 1. The van der Waals surface area contributed by atoms with Gasteiger partial charge in [-0.2, -0.15) is 0 Å². The van der Waals surface area contributed by atoms with Gasteiger partial charge in [0, 0.05) is 12.1 Å². The van der Waals surface area contributed by atoms with Crippen molar-refractivity contribution in [2.75, 3.05) is 23.4 Å². The van der Waals surface area contributed by atoms with Crippen LogP contribution in [0.5, 0.6) is 0 Å². The first-order chi connectivity index (χ1) is 7.60. The van der Waals surface area contributed by atoms with Crippen molar-refractivity contribution in [3.63, 3.8) is 0 Å². The predicted molar refractivity (Wildman–Crippen MR) is 61.7 cm³/mol. The van der Waals surface area contributed by atoms with Gasteiger partial charge in [0.05, 0.1) is 6.54 Å². The van der Waals surface area contributed by atoms with E-state index in [1.807, 2.05) is 13.8 Å². The normalized spacial score (nSPS) is 9.94. The summed E-state index contributed by atoms with van der Waals surface area (Å²) in [5.41, 5.74) is 8.42. The minimum absolute atomic E-state index is 0.123. The first-order valence-electron chi connectivity index (χ1n) is 4.91. The lowest BCUT2D eigenvalue weighted by atomic mass is 10.3. The number of nitrogens with zero attached hydrogens (tertiary/aromatic N) is 3. The van der Waals surface area contributed by atoms with Crippen molar-refractivity contribution in [3.05, 3.63) is 11.9 Å². The third kappa shape index (κ3) is 2.57. The number of primary amides is 1. The number of carbonyl (C=O) groups is 1. The van der Waals surface area contributed by atoms with Crippen molar-refractivity contribution < 1.29 is 4.79 Å². The lowest BCUT2D eigenvalue weighted by Crippen LogP contribution is -2.34. The van der Waals surface area contributed by atoms with Crippen molar-refractivity contribution >= 4 is 17.5 Å². The SMILES string of the molecule is CCN(CC(N)=O)c1ncnc(NN)c1C. The molecule has 0 aliphatic heterocycles. The number of hydrogen-bond donors (Lipinski definition) is 3. The summed E-state index contributed by atoms with van der Waals surface area (Å²) in [6, 6.07) is 0. The maximum Gasteiger partial charge on any atom is 0.236 e. The molecule has 0 saturated carbocycles. The largest absolute Gasteiger partial charge is 0.368 e. The molecule has 0 unspecified atom stereocenters. The number of hydrazine groups is 1. The standard InChI is InChI=1S/C9H16N6O/c1-3-15(4-7(10)16)9-6(2)8(14-11)12-5-13-9/h5H,3-4,11H2,1-2H3,(H2,10,16)(H,12,13,14). The van der Waals surface area contributed by atoms with Crippen LogP contribution in [0.25, 0.3) is 0 Å². The molecule has 0 atom stereocenters. The van der Waals surface area contributed by atoms with E-state index in [-0.39, 0.29) is 6.54 Å². The van der Waals surface area contributed by atoms with Gasteiger partial charge in [0.2, 0.25) is 5.91 Å². The minimum atomic E-state index is -0.401. The van der Waals surface area contributed by atoms with E-state index in [0.29, 0.717) is 18.2 Å². The summed E-state index contributed by atoms with van der Waals surface area (Å²) in [6.07, 6.45) is 1.39. The summed E-state index contributed by atoms with van der Waals surface area (Å²) in [6.45, 7) is 4.50. The van der Waals surface area contributed by atoms with Crippen LogP contribution in [0.1, 0.15) is 12.5 Å². The molecule has 7 nitrogen and oxygen atoms in total. The Bertz CT molecular complexity index is 380. The fourth-order valence-corrected chi connectivity index (χ4v) is 1.43. The molecule has 1 heterocycles. The highest BCUT2D eigenvalue weighted by Gasteiger charge is 2.13. The van der Waals surface area contributed by atoms with E-state index in [2.05, 4.69) is 15.4 Å². The van der Waals surface area contributed by atoms with Crippen LogP contribution in [0.3, 0.4) is 0 Å². The minimum Gasteiger partial charge on any atom is -0.368 e. The van der Waals surface area contributed by atoms with Gasteiger partial charge in [0.1, 0.15) is 18.0 Å². The number of hydrogen-bond acceptors (Lipinski definition) is 6. The molecule has 0 radical (unpaired) electrons. The Morgan fingerprint density at radius 3 is 2.75 bits per heavy atom. The molecule has 5 N–H and O–H groups in total. The number of rotatable bonds is 5. The fourth-order valence-electron chi connectivity index (χ4n) is 1.43. The molecule has 1 amide bonds. The first kappa shape index (κ1) is 12.2. The zero-order valence-corrected chi connectivity index (χ0v) is 9.40. The Morgan fingerprint density at radius 1 is 1.56 bits per heavy atom. The molecule has 1 aromatic heterocycles. The van der Waals surface area contributed by atoms with Crippen molar-refractivity contribution in [2.45, 2.75) is 13.8 Å². The number of nitrogen functional groups attached to an aromatic ring is 1. The van der Waals surface area contributed by atoms with Crippen molar-refractivity contribution in [1.29, 1.82) is 0 Å². The second-order valence-electron chi connectivity index (χ2n) is 3.30. The van der Waals surface area contributed by atoms with Gasteiger partial charge < -0.3 is 16.1 Å². The summed E-state index contributed by atoms with van der Waals surface area (Å²) in [4.78, 5) is 20.8. The highest BCUT2D eigenvalue weighted by molar-refractivity contribution is 5.79. The zero-order chi connectivity index (χ0) is 12.1. The van der Waals surface area contributed by atoms with E-state index in [9.17, 15) is 4.79 Å². The van der Waals surface area contributed by atoms with E-state index in [4.69, 9.17) is 11.6 Å². The second-order valence-corrected chi connectivity index (χ2v) is 3.30. The van der Waals surface area contributed by atoms with Crippen LogP contribution < -0.4 is 21.9 Å². The molecule has 0 spiro atoms. The maximum absolute atomic E-state index is 10.9. The molecule has 0 aromatic carbocycles. The van der Waals surface area contributed by atoms with Gasteiger partial charge in [-0.3, -0.25) is 4.79 Å². The Hall–Kier alpha value is -1.89. The number of carbonyl (C=O) groups excluding carboxylic acids is 1. The molecular weight excluding hydrogens is 208 g/mol. The summed E-state index contributed by atoms with van der Waals surface area (Å²) in [7, 11) is 0. The molecule has 1 aromatic rings. The molecule has 16 heavy (non-hydrogen) atoms. The average Bonchev–Trinajstić information content (AvgIpc) is 2.26. The zero-order valence-electron chi connectivity index (χ0n) is 9.40. The highest BCUT2D eigenvalue weighted by atomic mass is 16.1. The van der Waals surface area contributed by atoms with Gasteiger partial charge in [-0.25, -0.2) is 15.8 Å². The lowest BCUT2D eigenvalue weighted by molar-refractivity contribution is -0.116. The molecular formula is C9H16N6O. The van der Waals surface area contributed by atoms with Crippen molar-refractivity contribution in [3.8, 4) is 0 Å². The summed E-state index contributed by atoms with van der Waals surface area (Å²) < 4.78 is 0. The number of aromatic nitrogens is 2. The second kappa shape index (κ2) is 5.26. The van der Waals surface area contributed by atoms with Crippen LogP contribution in [0.15, 0.2) is 6.33 Å². The lowest BCUT2D eigenvalue weighted by Gasteiger charge is -2.22. The molecule has 0 saturated heterocycles. The van der Waals surface area contributed by atoms with Crippen LogP contribution in [0.4, 0.5) is 11.6 Å². The summed E-state index contributed by atoms with van der Waals surface area (Å²) >= 11 is 0. The van der Waals surface area contributed by atoms with Gasteiger partial charge >= 0.3 is 0 Å². The Morgan fingerprint density at radius 2 is 2.25 bits per heavy atom. The smallest absolute Gasteiger partial charge is 0.236 e. The fraction of sp³-hybridized carbons (Fsp3) is 0.444. The molecule has 0 fully saturated rings. The van der Waals surface area contributed by atoms with E-state index in [0.717, 1.165) is 5.56 Å². The number of amides is 1. The number of nitrogens with one attached hydrogen (secondary N) is 1. The Labute approximate surface area is 93.8 Å². The van der Waals surface area contributed by atoms with Gasteiger partial charge in [-0.05, 0) is 13.8 Å². The topological polar surface area (TPSA) is 110 Å². The quantitative estimate of drug-likeness (QED) is 0.454. The van der Waals surface area contributed by atoms with Gasteiger partial charge in [0.25, 0.3) is 0 Å². The van der Waals surface area contributed by atoms with Crippen molar-refractivity contribution in [2.24, 2.45) is 11.6 Å². The average molecular weight is 224 g/mol.